The molecule has 0 amide bonds. The van der Waals surface area contributed by atoms with Crippen LogP contribution in [-0.2, 0) is 11.3 Å². The van der Waals surface area contributed by atoms with E-state index in [-0.39, 0.29) is 43.2 Å². The average Bonchev–Trinajstić information content (AvgIpc) is 3.02. The molecule has 2 bridgehead atoms. The van der Waals surface area contributed by atoms with Gasteiger partial charge >= 0.3 is 6.18 Å². The summed E-state index contributed by atoms with van der Waals surface area (Å²) in [6, 6.07) is -0.238. The van der Waals surface area contributed by atoms with Crippen LogP contribution >= 0.6 is 0 Å². The van der Waals surface area contributed by atoms with Crippen LogP contribution in [0.1, 0.15) is 25.7 Å². The lowest BCUT2D eigenvalue weighted by Gasteiger charge is -2.40. The molecular weight excluding hydrogens is 365 g/mol. The number of aromatic nitrogens is 2. The zero-order valence-electron chi connectivity index (χ0n) is 14.7. The molecule has 148 valence electrons. The minimum absolute atomic E-state index is 0.00934. The van der Waals surface area contributed by atoms with Crippen LogP contribution < -0.4 is 15.4 Å². The van der Waals surface area contributed by atoms with Crippen molar-refractivity contribution < 1.29 is 23.0 Å². The van der Waals surface area contributed by atoms with Crippen molar-refractivity contribution in [2.75, 3.05) is 29.5 Å². The van der Waals surface area contributed by atoms with Crippen molar-refractivity contribution in [2.24, 2.45) is 0 Å². The Hall–Kier alpha value is -1.81. The number of hydrogen-bond acceptors (Lipinski definition) is 6. The number of hydrogen-bond donors (Lipinski definition) is 1. The lowest BCUT2D eigenvalue weighted by molar-refractivity contribution is -0.153. The number of anilines is 2. The Morgan fingerprint density at radius 3 is 2.74 bits per heavy atom. The minimum Gasteiger partial charge on any atom is -0.388 e. The smallest absolute Gasteiger partial charge is 0.388 e. The fraction of sp³-hybridized carbons (Fsp3) is 0.765. The van der Waals surface area contributed by atoms with E-state index in [1.807, 2.05) is 4.90 Å². The quantitative estimate of drug-likeness (QED) is 0.832. The van der Waals surface area contributed by atoms with Gasteiger partial charge in [0.05, 0.1) is 30.9 Å². The number of nitrogens with zero attached hydrogens (tertiary/aromatic N) is 4. The highest BCUT2D eigenvalue weighted by Gasteiger charge is 2.52. The third-order valence-electron chi connectivity index (χ3n) is 6.10. The van der Waals surface area contributed by atoms with Crippen LogP contribution in [0.25, 0.3) is 0 Å². The molecule has 3 fully saturated rings. The van der Waals surface area contributed by atoms with E-state index >= 15 is 0 Å². The first-order valence-corrected chi connectivity index (χ1v) is 9.29. The van der Waals surface area contributed by atoms with Crippen LogP contribution in [0.4, 0.5) is 24.9 Å². The van der Waals surface area contributed by atoms with E-state index in [9.17, 15) is 23.1 Å². The molecule has 0 aromatic carbocycles. The largest absolute Gasteiger partial charge is 0.408 e. The number of fused-ring (bicyclic) bond motifs is 3. The van der Waals surface area contributed by atoms with Crippen molar-refractivity contribution in [2.45, 2.75) is 62.2 Å². The maximum Gasteiger partial charge on any atom is 0.408 e. The molecule has 2 saturated heterocycles. The molecule has 1 aliphatic carbocycles. The second-order valence-electron chi connectivity index (χ2n) is 8.10. The normalized spacial score (nSPS) is 31.3. The summed E-state index contributed by atoms with van der Waals surface area (Å²) in [6.45, 7) is 0.935. The van der Waals surface area contributed by atoms with Gasteiger partial charge < -0.3 is 19.6 Å². The summed E-state index contributed by atoms with van der Waals surface area (Å²) in [6.07, 6.45) is -2.83. The number of β-amino-alcohol motifs (C(OH)–C–C–N with tert-alkyl or cyclic N) is 1. The predicted octanol–water partition coefficient (Wildman–Crippen LogP) is 0.887. The highest BCUT2D eigenvalue weighted by Crippen LogP contribution is 2.41. The van der Waals surface area contributed by atoms with Gasteiger partial charge in [-0.3, -0.25) is 9.36 Å². The van der Waals surface area contributed by atoms with Gasteiger partial charge in [-0.05, 0) is 25.7 Å². The van der Waals surface area contributed by atoms with E-state index in [0.29, 0.717) is 31.8 Å². The van der Waals surface area contributed by atoms with Gasteiger partial charge in [0.1, 0.15) is 11.9 Å². The summed E-state index contributed by atoms with van der Waals surface area (Å²) in [5, 5.41) is 10.3. The van der Waals surface area contributed by atoms with Crippen LogP contribution in [0.2, 0.25) is 0 Å². The maximum absolute atomic E-state index is 13.6. The SMILES string of the molecule is O=c1cc(N2C[C@@H]3C[C@H]2CO3)nc2n1CC[C@@H](C(F)(F)F)N2CC1(O)CC1. The van der Waals surface area contributed by atoms with Crippen molar-refractivity contribution in [3.63, 3.8) is 0 Å². The summed E-state index contributed by atoms with van der Waals surface area (Å²) in [7, 11) is 0. The van der Waals surface area contributed by atoms with Crippen molar-refractivity contribution in [1.82, 2.24) is 9.55 Å². The number of alkyl halides is 3. The van der Waals surface area contributed by atoms with Gasteiger partial charge in [0, 0.05) is 19.2 Å². The van der Waals surface area contributed by atoms with Gasteiger partial charge in [-0.15, -0.1) is 0 Å². The van der Waals surface area contributed by atoms with Crippen molar-refractivity contribution >= 4 is 11.8 Å². The molecule has 4 heterocycles. The Morgan fingerprint density at radius 2 is 2.15 bits per heavy atom. The van der Waals surface area contributed by atoms with Crippen LogP contribution in [0.15, 0.2) is 10.9 Å². The number of ether oxygens (including phenoxy) is 1. The van der Waals surface area contributed by atoms with Crippen molar-refractivity contribution in [3.05, 3.63) is 16.4 Å². The molecule has 3 aliphatic heterocycles. The monoisotopic (exact) mass is 386 g/mol. The average molecular weight is 386 g/mol. The van der Waals surface area contributed by atoms with Crippen LogP contribution in [0.5, 0.6) is 0 Å². The van der Waals surface area contributed by atoms with Crippen molar-refractivity contribution in [1.29, 1.82) is 0 Å². The molecule has 4 aliphatic rings. The summed E-state index contributed by atoms with van der Waals surface area (Å²) < 4.78 is 47.8. The fourth-order valence-corrected chi connectivity index (χ4v) is 4.43. The summed E-state index contributed by atoms with van der Waals surface area (Å²) in [5.74, 6) is 0.410. The van der Waals surface area contributed by atoms with E-state index < -0.39 is 17.8 Å². The minimum atomic E-state index is -4.45. The Bertz CT molecular complexity index is 823. The van der Waals surface area contributed by atoms with Gasteiger partial charge in [-0.25, -0.2) is 0 Å². The Morgan fingerprint density at radius 1 is 1.37 bits per heavy atom. The molecular formula is C17H21F3N4O3. The molecule has 0 radical (unpaired) electrons. The highest BCUT2D eigenvalue weighted by atomic mass is 19.4. The van der Waals surface area contributed by atoms with Gasteiger partial charge in [-0.2, -0.15) is 18.2 Å². The molecule has 1 saturated carbocycles. The van der Waals surface area contributed by atoms with Gasteiger partial charge in [0.25, 0.3) is 5.56 Å². The van der Waals surface area contributed by atoms with E-state index in [1.165, 1.54) is 10.6 Å². The number of rotatable bonds is 3. The van der Waals surface area contributed by atoms with Crippen molar-refractivity contribution in [3.8, 4) is 0 Å². The Balaban J connectivity index is 1.56. The van der Waals surface area contributed by atoms with Gasteiger partial charge in [-0.1, -0.05) is 0 Å². The van der Waals surface area contributed by atoms with Gasteiger partial charge in [0.15, 0.2) is 0 Å². The fourth-order valence-electron chi connectivity index (χ4n) is 4.43. The summed E-state index contributed by atoms with van der Waals surface area (Å²) in [4.78, 5) is 20.2. The maximum atomic E-state index is 13.6. The third kappa shape index (κ3) is 2.89. The standard InChI is InChI=1S/C17H21F3N4O3/c18-17(19,20)12-1-4-22-14(25)6-13(23-7-11-5-10(23)8-27-11)21-15(22)24(12)9-16(26)2-3-16/h6,10-12,26H,1-5,7-9H2/t10-,11-,12-/m0/s1. The zero-order valence-corrected chi connectivity index (χ0v) is 14.7. The predicted molar refractivity (Wildman–Crippen MR) is 90.0 cm³/mol. The lowest BCUT2D eigenvalue weighted by atomic mass is 10.1. The topological polar surface area (TPSA) is 70.8 Å². The zero-order chi connectivity index (χ0) is 19.0. The Kier molecular flexibility index (Phi) is 3.59. The second-order valence-corrected chi connectivity index (χ2v) is 8.10. The first-order valence-electron chi connectivity index (χ1n) is 9.29. The highest BCUT2D eigenvalue weighted by molar-refractivity contribution is 5.49. The molecule has 0 spiro atoms. The number of aliphatic hydroxyl groups is 1. The molecule has 27 heavy (non-hydrogen) atoms. The van der Waals surface area contributed by atoms with Crippen LogP contribution in [0.3, 0.4) is 0 Å². The van der Waals surface area contributed by atoms with E-state index in [2.05, 4.69) is 4.98 Å². The summed E-state index contributed by atoms with van der Waals surface area (Å²) >= 11 is 0. The lowest BCUT2D eigenvalue weighted by Crippen LogP contribution is -2.55. The first kappa shape index (κ1) is 17.3. The van der Waals surface area contributed by atoms with E-state index in [1.54, 1.807) is 0 Å². The molecule has 3 atom stereocenters. The Labute approximate surface area is 153 Å². The number of halogens is 3. The molecule has 7 nitrogen and oxygen atoms in total. The first-order chi connectivity index (χ1) is 12.7. The van der Waals surface area contributed by atoms with E-state index in [0.717, 1.165) is 11.3 Å². The van der Waals surface area contributed by atoms with Crippen LogP contribution in [0, 0.1) is 0 Å². The van der Waals surface area contributed by atoms with E-state index in [4.69, 9.17) is 4.74 Å². The molecule has 1 N–H and O–H groups in total. The molecule has 1 aromatic rings. The summed E-state index contributed by atoms with van der Waals surface area (Å²) in [5.41, 5.74) is -1.48. The number of morpholine rings is 1. The molecule has 0 unspecified atom stereocenters. The molecule has 1 aromatic heterocycles. The van der Waals surface area contributed by atoms with Crippen LogP contribution in [-0.4, -0.2) is 64.3 Å². The molecule has 5 rings (SSSR count). The second kappa shape index (κ2) is 5.60. The van der Waals surface area contributed by atoms with Gasteiger partial charge in [0.2, 0.25) is 5.95 Å². The third-order valence-corrected chi connectivity index (χ3v) is 6.10. The molecule has 10 heteroatoms.